The second kappa shape index (κ2) is 5.87. The lowest BCUT2D eigenvalue weighted by atomic mass is 10.2. The molecule has 0 amide bonds. The Bertz CT molecular complexity index is 501. The van der Waals surface area contributed by atoms with Crippen LogP contribution in [0.2, 0.25) is 5.02 Å². The van der Waals surface area contributed by atoms with Crippen molar-refractivity contribution in [3.63, 3.8) is 0 Å². The predicted octanol–water partition coefficient (Wildman–Crippen LogP) is 4.28. The predicted molar refractivity (Wildman–Crippen MR) is 78.9 cm³/mol. The van der Waals surface area contributed by atoms with Crippen LogP contribution < -0.4 is 11.1 Å². The third kappa shape index (κ3) is 3.45. The summed E-state index contributed by atoms with van der Waals surface area (Å²) in [4.78, 5) is 1.15. The van der Waals surface area contributed by atoms with E-state index in [0.29, 0.717) is 6.54 Å². The summed E-state index contributed by atoms with van der Waals surface area (Å²) in [6, 6.07) is 10.1. The average Bonchev–Trinajstić information content (AvgIpc) is 2.73. The molecule has 0 aliphatic carbocycles. The Balaban J connectivity index is 2.15. The van der Waals surface area contributed by atoms with Gasteiger partial charge in [-0.2, -0.15) is 0 Å². The maximum Gasteiger partial charge on any atom is 0.0729 e. The van der Waals surface area contributed by atoms with Crippen LogP contribution in [0.5, 0.6) is 0 Å². The molecule has 0 aliphatic heterocycles. The molecule has 0 aliphatic rings. The number of hydrogen-bond acceptors (Lipinski definition) is 3. The van der Waals surface area contributed by atoms with Crippen LogP contribution >= 0.6 is 38.9 Å². The number of nitrogens with two attached hydrogens (primary N) is 1. The first-order valence-corrected chi connectivity index (χ1v) is 7.20. The first kappa shape index (κ1) is 12.9. The lowest BCUT2D eigenvalue weighted by Gasteiger charge is -2.16. The molecule has 0 saturated carbocycles. The fraction of sp³-hybridized carbons (Fsp3) is 0.167. The van der Waals surface area contributed by atoms with Crippen molar-refractivity contribution in [3.05, 3.63) is 50.1 Å². The lowest BCUT2D eigenvalue weighted by molar-refractivity contribution is 0.806. The van der Waals surface area contributed by atoms with Crippen molar-refractivity contribution >= 4 is 44.6 Å². The highest BCUT2D eigenvalue weighted by Gasteiger charge is 2.11. The Hall–Kier alpha value is -0.550. The van der Waals surface area contributed by atoms with Crippen molar-refractivity contribution in [2.45, 2.75) is 6.04 Å². The van der Waals surface area contributed by atoms with Gasteiger partial charge in [-0.05, 0) is 24.3 Å². The third-order valence-corrected chi connectivity index (χ3v) is 4.22. The van der Waals surface area contributed by atoms with Gasteiger partial charge < -0.3 is 11.1 Å². The number of hydrogen-bond donors (Lipinski definition) is 2. The average molecular weight is 332 g/mol. The van der Waals surface area contributed by atoms with Gasteiger partial charge in [0.15, 0.2) is 0 Å². The van der Waals surface area contributed by atoms with Crippen LogP contribution in [-0.2, 0) is 0 Å². The van der Waals surface area contributed by atoms with E-state index < -0.39 is 0 Å². The summed E-state index contributed by atoms with van der Waals surface area (Å²) in [7, 11) is 0. The van der Waals surface area contributed by atoms with Gasteiger partial charge >= 0.3 is 0 Å². The van der Waals surface area contributed by atoms with Gasteiger partial charge in [0, 0.05) is 27.0 Å². The first-order valence-electron chi connectivity index (χ1n) is 5.15. The molecule has 0 fully saturated rings. The minimum absolute atomic E-state index is 0.0989. The molecule has 2 nitrogen and oxygen atoms in total. The normalized spacial score (nSPS) is 12.4. The smallest absolute Gasteiger partial charge is 0.0729 e. The maximum absolute atomic E-state index is 5.92. The van der Waals surface area contributed by atoms with Crippen LogP contribution in [0.3, 0.4) is 0 Å². The molecule has 1 heterocycles. The molecular formula is C12H12BrClN2S. The molecule has 0 bridgehead atoms. The van der Waals surface area contributed by atoms with E-state index >= 15 is 0 Å². The van der Waals surface area contributed by atoms with Gasteiger partial charge in [0.1, 0.15) is 0 Å². The molecule has 1 atom stereocenters. The van der Waals surface area contributed by atoms with Crippen molar-refractivity contribution in [2.75, 3.05) is 11.9 Å². The highest BCUT2D eigenvalue weighted by atomic mass is 79.9. The van der Waals surface area contributed by atoms with E-state index in [-0.39, 0.29) is 6.04 Å². The summed E-state index contributed by atoms with van der Waals surface area (Å²) in [5.41, 5.74) is 6.83. The van der Waals surface area contributed by atoms with E-state index in [1.807, 2.05) is 35.7 Å². The second-order valence-electron chi connectivity index (χ2n) is 3.61. The zero-order valence-corrected chi connectivity index (χ0v) is 12.1. The van der Waals surface area contributed by atoms with Gasteiger partial charge in [0.25, 0.3) is 0 Å². The molecule has 17 heavy (non-hydrogen) atoms. The summed E-state index contributed by atoms with van der Waals surface area (Å²) in [5, 5.41) is 6.08. The molecule has 0 saturated heterocycles. The van der Waals surface area contributed by atoms with Crippen LogP contribution in [0.4, 0.5) is 5.69 Å². The molecule has 1 unspecified atom stereocenters. The van der Waals surface area contributed by atoms with E-state index in [0.717, 1.165) is 20.1 Å². The van der Waals surface area contributed by atoms with Crippen molar-refractivity contribution in [2.24, 2.45) is 5.73 Å². The molecule has 1 aromatic heterocycles. The summed E-state index contributed by atoms with van der Waals surface area (Å²) in [5.74, 6) is 0. The van der Waals surface area contributed by atoms with Crippen LogP contribution in [0.25, 0.3) is 0 Å². The van der Waals surface area contributed by atoms with Crippen molar-refractivity contribution < 1.29 is 0 Å². The molecule has 2 rings (SSSR count). The Kier molecular flexibility index (Phi) is 4.45. The number of rotatable bonds is 4. The first-order chi connectivity index (χ1) is 8.19. The fourth-order valence-corrected chi connectivity index (χ4v) is 3.08. The van der Waals surface area contributed by atoms with E-state index in [4.69, 9.17) is 17.3 Å². The number of benzene rings is 1. The molecule has 2 aromatic rings. The van der Waals surface area contributed by atoms with Crippen LogP contribution in [-0.4, -0.2) is 6.54 Å². The molecule has 90 valence electrons. The Morgan fingerprint density at radius 1 is 1.41 bits per heavy atom. The summed E-state index contributed by atoms with van der Waals surface area (Å²) in [6.45, 7) is 0.531. The number of halogens is 2. The molecule has 5 heteroatoms. The SMILES string of the molecule is NCC(Nc1cccc(Br)c1)c1cc(Cl)cs1. The van der Waals surface area contributed by atoms with Crippen LogP contribution in [0.1, 0.15) is 10.9 Å². The highest BCUT2D eigenvalue weighted by Crippen LogP contribution is 2.28. The van der Waals surface area contributed by atoms with Gasteiger partial charge in [-0.25, -0.2) is 0 Å². The monoisotopic (exact) mass is 330 g/mol. The lowest BCUT2D eigenvalue weighted by Crippen LogP contribution is -2.19. The summed E-state index contributed by atoms with van der Waals surface area (Å²) in [6.07, 6.45) is 0. The van der Waals surface area contributed by atoms with Crippen LogP contribution in [0, 0.1) is 0 Å². The van der Waals surface area contributed by atoms with Crippen molar-refractivity contribution in [1.82, 2.24) is 0 Å². The molecule has 0 spiro atoms. The molecular weight excluding hydrogens is 320 g/mol. The summed E-state index contributed by atoms with van der Waals surface area (Å²) < 4.78 is 1.04. The number of thiophene rings is 1. The Morgan fingerprint density at radius 3 is 2.82 bits per heavy atom. The standard InChI is InChI=1S/C12H12BrClN2S/c13-8-2-1-3-10(4-8)16-11(6-15)12-5-9(14)7-17-12/h1-5,7,11,16H,6,15H2. The van der Waals surface area contributed by atoms with Crippen LogP contribution in [0.15, 0.2) is 40.2 Å². The van der Waals surface area contributed by atoms with Crippen molar-refractivity contribution in [1.29, 1.82) is 0 Å². The third-order valence-electron chi connectivity index (χ3n) is 2.33. The van der Waals surface area contributed by atoms with Gasteiger partial charge in [0.2, 0.25) is 0 Å². The zero-order chi connectivity index (χ0) is 12.3. The maximum atomic E-state index is 5.92. The minimum atomic E-state index is 0.0989. The molecule has 3 N–H and O–H groups in total. The van der Waals surface area contributed by atoms with E-state index in [1.54, 1.807) is 11.3 Å². The van der Waals surface area contributed by atoms with E-state index in [2.05, 4.69) is 21.2 Å². The van der Waals surface area contributed by atoms with Gasteiger partial charge in [-0.1, -0.05) is 33.6 Å². The van der Waals surface area contributed by atoms with Gasteiger partial charge in [-0.3, -0.25) is 0 Å². The Labute approximate surface area is 118 Å². The van der Waals surface area contributed by atoms with E-state index in [1.165, 1.54) is 0 Å². The topological polar surface area (TPSA) is 38.0 Å². The number of anilines is 1. The summed E-state index contributed by atoms with van der Waals surface area (Å²) >= 11 is 11.0. The minimum Gasteiger partial charge on any atom is -0.376 e. The largest absolute Gasteiger partial charge is 0.376 e. The van der Waals surface area contributed by atoms with E-state index in [9.17, 15) is 0 Å². The van der Waals surface area contributed by atoms with Gasteiger partial charge in [0.05, 0.1) is 11.1 Å². The van der Waals surface area contributed by atoms with Crippen molar-refractivity contribution in [3.8, 4) is 0 Å². The fourth-order valence-electron chi connectivity index (χ4n) is 1.54. The molecule has 0 radical (unpaired) electrons. The Morgan fingerprint density at radius 2 is 2.24 bits per heavy atom. The quantitative estimate of drug-likeness (QED) is 0.877. The molecule has 1 aromatic carbocycles. The second-order valence-corrected chi connectivity index (χ2v) is 5.91. The highest BCUT2D eigenvalue weighted by molar-refractivity contribution is 9.10. The zero-order valence-electron chi connectivity index (χ0n) is 8.99. The number of nitrogens with one attached hydrogen (secondary N) is 1. The van der Waals surface area contributed by atoms with Gasteiger partial charge in [-0.15, -0.1) is 11.3 Å².